The van der Waals surface area contributed by atoms with Crippen LogP contribution in [0.3, 0.4) is 0 Å². The third kappa shape index (κ3) is 3.32. The molecule has 1 aromatic heterocycles. The largest absolute Gasteiger partial charge is 0.346 e. The maximum absolute atomic E-state index is 12.1. The van der Waals surface area contributed by atoms with Crippen molar-refractivity contribution in [2.24, 2.45) is 0 Å². The predicted molar refractivity (Wildman–Crippen MR) is 75.1 cm³/mol. The Labute approximate surface area is 118 Å². The van der Waals surface area contributed by atoms with Crippen molar-refractivity contribution in [3.8, 4) is 0 Å². The van der Waals surface area contributed by atoms with Crippen LogP contribution >= 0.6 is 0 Å². The van der Waals surface area contributed by atoms with Crippen molar-refractivity contribution in [2.75, 3.05) is 13.1 Å². The summed E-state index contributed by atoms with van der Waals surface area (Å²) in [5, 5.41) is 2.75. The first-order chi connectivity index (χ1) is 9.34. The molecule has 0 aliphatic heterocycles. The van der Waals surface area contributed by atoms with Gasteiger partial charge in [-0.15, -0.1) is 18.3 Å². The van der Waals surface area contributed by atoms with Crippen LogP contribution in [0.5, 0.6) is 0 Å². The summed E-state index contributed by atoms with van der Waals surface area (Å²) in [5.74, 6) is 0. The summed E-state index contributed by atoms with van der Waals surface area (Å²) in [6, 6.07) is -0.484. The number of rotatable bonds is 6. The molecule has 7 nitrogen and oxygen atoms in total. The van der Waals surface area contributed by atoms with Gasteiger partial charge in [0.15, 0.2) is 0 Å². The Morgan fingerprint density at radius 1 is 1.40 bits per heavy atom. The van der Waals surface area contributed by atoms with Gasteiger partial charge in [0, 0.05) is 13.1 Å². The lowest BCUT2D eigenvalue weighted by Gasteiger charge is -2.17. The van der Waals surface area contributed by atoms with Crippen molar-refractivity contribution in [1.29, 1.82) is 0 Å². The Kier molecular flexibility index (Phi) is 5.20. The summed E-state index contributed by atoms with van der Waals surface area (Å²) in [7, 11) is -3.59. The van der Waals surface area contributed by atoms with Crippen LogP contribution in [-0.4, -0.2) is 52.5 Å². The molecule has 110 valence electrons. The normalized spacial score (nSPS) is 11.3. The second-order valence-electron chi connectivity index (χ2n) is 4.33. The molecular weight excluding hydrogens is 280 g/mol. The summed E-state index contributed by atoms with van der Waals surface area (Å²) in [5.41, 5.74) is 0. The second kappa shape index (κ2) is 6.47. The number of nitrogens with zero attached hydrogens (tertiary/aromatic N) is 4. The van der Waals surface area contributed by atoms with Crippen molar-refractivity contribution >= 4 is 15.9 Å². The molecule has 1 amide bonds. The monoisotopic (exact) mass is 298 g/mol. The molecular formula is C12H18N4O3S. The van der Waals surface area contributed by atoms with Gasteiger partial charge in [-0.25, -0.2) is 18.2 Å². The Bertz CT molecular complexity index is 594. The summed E-state index contributed by atoms with van der Waals surface area (Å²) in [6.45, 7) is 10.8. The third-order valence-electron chi connectivity index (χ3n) is 2.51. The number of carbonyl (C=O) groups is 1. The zero-order chi connectivity index (χ0) is 15.3. The summed E-state index contributed by atoms with van der Waals surface area (Å²) < 4.78 is 24.7. The van der Waals surface area contributed by atoms with Gasteiger partial charge in [-0.1, -0.05) is 12.2 Å². The SMILES string of the molecule is C=CCN(CC=C)C(=O)n1cnc(S(=O)(=O)C(C)C)n1. The van der Waals surface area contributed by atoms with E-state index in [4.69, 9.17) is 0 Å². The molecule has 0 unspecified atom stereocenters. The van der Waals surface area contributed by atoms with E-state index in [1.54, 1.807) is 12.2 Å². The van der Waals surface area contributed by atoms with E-state index in [1.165, 1.54) is 18.7 Å². The molecule has 0 N–H and O–H groups in total. The molecule has 0 aliphatic carbocycles. The quantitative estimate of drug-likeness (QED) is 0.734. The minimum atomic E-state index is -3.59. The van der Waals surface area contributed by atoms with Crippen molar-refractivity contribution in [2.45, 2.75) is 24.3 Å². The predicted octanol–water partition coefficient (Wildman–Crippen LogP) is 1.10. The molecule has 0 radical (unpaired) electrons. The maximum atomic E-state index is 12.1. The summed E-state index contributed by atoms with van der Waals surface area (Å²) in [4.78, 5) is 17.2. The number of aromatic nitrogens is 3. The van der Waals surface area contributed by atoms with Crippen LogP contribution in [0.15, 0.2) is 36.8 Å². The molecule has 0 atom stereocenters. The lowest BCUT2D eigenvalue weighted by molar-refractivity contribution is 0.206. The van der Waals surface area contributed by atoms with Crippen LogP contribution in [0.2, 0.25) is 0 Å². The molecule has 0 fully saturated rings. The Hall–Kier alpha value is -1.96. The maximum Gasteiger partial charge on any atom is 0.346 e. The standard InChI is InChI=1S/C12H18N4O3S/c1-5-7-15(8-6-2)12(17)16-9-13-11(14-16)20(18,19)10(3)4/h5-6,9-10H,1-2,7-8H2,3-4H3. The highest BCUT2D eigenvalue weighted by Crippen LogP contribution is 2.10. The van der Waals surface area contributed by atoms with Gasteiger partial charge in [-0.05, 0) is 13.8 Å². The van der Waals surface area contributed by atoms with E-state index in [-0.39, 0.29) is 5.16 Å². The van der Waals surface area contributed by atoms with E-state index >= 15 is 0 Å². The number of carbonyl (C=O) groups excluding carboxylic acids is 1. The van der Waals surface area contributed by atoms with Crippen molar-refractivity contribution < 1.29 is 13.2 Å². The number of hydrogen-bond acceptors (Lipinski definition) is 5. The Morgan fingerprint density at radius 2 is 1.95 bits per heavy atom. The van der Waals surface area contributed by atoms with Crippen LogP contribution in [0.1, 0.15) is 13.8 Å². The van der Waals surface area contributed by atoms with Crippen LogP contribution in [0.25, 0.3) is 0 Å². The summed E-state index contributed by atoms with van der Waals surface area (Å²) >= 11 is 0. The van der Waals surface area contributed by atoms with Crippen LogP contribution in [0, 0.1) is 0 Å². The van der Waals surface area contributed by atoms with E-state index in [0.717, 1.165) is 11.0 Å². The van der Waals surface area contributed by atoms with E-state index in [2.05, 4.69) is 23.2 Å². The molecule has 0 spiro atoms. The molecule has 1 rings (SSSR count). The zero-order valence-electron chi connectivity index (χ0n) is 11.6. The van der Waals surface area contributed by atoms with Crippen LogP contribution in [-0.2, 0) is 9.84 Å². The lowest BCUT2D eigenvalue weighted by Crippen LogP contribution is -2.35. The van der Waals surface area contributed by atoms with Gasteiger partial charge in [-0.2, -0.15) is 4.68 Å². The molecule has 0 aromatic carbocycles. The number of amides is 1. The fourth-order valence-corrected chi connectivity index (χ4v) is 2.19. The highest BCUT2D eigenvalue weighted by molar-refractivity contribution is 7.91. The van der Waals surface area contributed by atoms with Crippen LogP contribution < -0.4 is 0 Å². The van der Waals surface area contributed by atoms with Crippen molar-refractivity contribution in [1.82, 2.24) is 19.7 Å². The minimum absolute atomic E-state index is 0.303. The van der Waals surface area contributed by atoms with Crippen molar-refractivity contribution in [3.05, 3.63) is 31.6 Å². The van der Waals surface area contributed by atoms with Gasteiger partial charge in [0.05, 0.1) is 5.25 Å². The van der Waals surface area contributed by atoms with Gasteiger partial charge >= 0.3 is 6.03 Å². The van der Waals surface area contributed by atoms with Crippen LogP contribution in [0.4, 0.5) is 4.79 Å². The summed E-state index contributed by atoms with van der Waals surface area (Å²) in [6.07, 6.45) is 4.21. The third-order valence-corrected chi connectivity index (χ3v) is 4.45. The number of sulfone groups is 1. The smallest absolute Gasteiger partial charge is 0.315 e. The van der Waals surface area contributed by atoms with E-state index in [0.29, 0.717) is 13.1 Å². The first-order valence-corrected chi connectivity index (χ1v) is 7.55. The number of hydrogen-bond donors (Lipinski definition) is 0. The molecule has 20 heavy (non-hydrogen) atoms. The molecule has 8 heteroatoms. The van der Waals surface area contributed by atoms with Gasteiger partial charge in [-0.3, -0.25) is 0 Å². The zero-order valence-corrected chi connectivity index (χ0v) is 12.4. The molecule has 0 saturated heterocycles. The average molecular weight is 298 g/mol. The topological polar surface area (TPSA) is 85.2 Å². The highest BCUT2D eigenvalue weighted by atomic mass is 32.2. The Balaban J connectivity index is 3.04. The molecule has 0 saturated carbocycles. The van der Waals surface area contributed by atoms with Gasteiger partial charge in [0.1, 0.15) is 6.33 Å². The molecule has 1 aromatic rings. The highest BCUT2D eigenvalue weighted by Gasteiger charge is 2.25. The molecule has 0 aliphatic rings. The van der Waals surface area contributed by atoms with E-state index < -0.39 is 21.1 Å². The van der Waals surface area contributed by atoms with E-state index in [1.807, 2.05) is 0 Å². The van der Waals surface area contributed by atoms with E-state index in [9.17, 15) is 13.2 Å². The second-order valence-corrected chi connectivity index (χ2v) is 6.73. The lowest BCUT2D eigenvalue weighted by atomic mass is 10.5. The first kappa shape index (κ1) is 16.1. The molecule has 1 heterocycles. The average Bonchev–Trinajstić information content (AvgIpc) is 2.87. The van der Waals surface area contributed by atoms with Gasteiger partial charge in [0.25, 0.3) is 5.16 Å². The van der Waals surface area contributed by atoms with Gasteiger partial charge in [0.2, 0.25) is 9.84 Å². The van der Waals surface area contributed by atoms with Gasteiger partial charge < -0.3 is 4.90 Å². The van der Waals surface area contributed by atoms with Crippen molar-refractivity contribution in [3.63, 3.8) is 0 Å². The fourth-order valence-electron chi connectivity index (χ4n) is 1.37. The molecule has 0 bridgehead atoms. The fraction of sp³-hybridized carbons (Fsp3) is 0.417. The minimum Gasteiger partial charge on any atom is -0.315 e. The first-order valence-electron chi connectivity index (χ1n) is 6.01. The Morgan fingerprint density at radius 3 is 2.40 bits per heavy atom.